The topological polar surface area (TPSA) is 12.4 Å². The van der Waals surface area contributed by atoms with E-state index in [1.165, 1.54) is 54.7 Å². The monoisotopic (exact) mass is 215 g/mol. The smallest absolute Gasteiger partial charge is 0.0708 e. The first-order valence-electron chi connectivity index (χ1n) is 6.56. The largest absolute Gasteiger partial charge is 0.253 e. The number of allylic oxidation sites excluding steroid dienone is 6. The van der Waals surface area contributed by atoms with Crippen LogP contribution < -0.4 is 0 Å². The van der Waals surface area contributed by atoms with Crippen molar-refractivity contribution in [2.45, 2.75) is 52.4 Å². The molecule has 0 spiro atoms. The van der Waals surface area contributed by atoms with Crippen molar-refractivity contribution in [1.29, 1.82) is 0 Å². The molecule has 1 aliphatic heterocycles. The Morgan fingerprint density at radius 2 is 1.75 bits per heavy atom. The minimum Gasteiger partial charge on any atom is -0.253 e. The highest BCUT2D eigenvalue weighted by atomic mass is 14.8. The number of rotatable bonds is 6. The molecule has 0 fully saturated rings. The standard InChI is InChI=1S/C15H21N/c1-3-5-7-12-9-10-15-14(12)11-13(16-15)8-6-4-2/h9-11H,3-8H2,1-2H3. The first kappa shape index (κ1) is 11.4. The fourth-order valence-electron chi connectivity index (χ4n) is 2.21. The van der Waals surface area contributed by atoms with Crippen LogP contribution in [-0.4, -0.2) is 5.71 Å². The lowest BCUT2D eigenvalue weighted by Crippen LogP contribution is -1.89. The van der Waals surface area contributed by atoms with Gasteiger partial charge in [0.15, 0.2) is 0 Å². The summed E-state index contributed by atoms with van der Waals surface area (Å²) in [6, 6.07) is 0. The summed E-state index contributed by atoms with van der Waals surface area (Å²) in [6.45, 7) is 4.48. The highest BCUT2D eigenvalue weighted by Crippen LogP contribution is 2.30. The van der Waals surface area contributed by atoms with Crippen LogP contribution in [0.5, 0.6) is 0 Å². The number of hydrogen-bond donors (Lipinski definition) is 0. The van der Waals surface area contributed by atoms with Crippen LogP contribution in [0.25, 0.3) is 0 Å². The number of fused-ring (bicyclic) bond motifs is 1. The molecule has 0 saturated heterocycles. The molecule has 0 atom stereocenters. The zero-order valence-electron chi connectivity index (χ0n) is 10.4. The van der Waals surface area contributed by atoms with E-state index in [1.807, 2.05) is 0 Å². The van der Waals surface area contributed by atoms with E-state index in [0.717, 1.165) is 6.42 Å². The molecule has 0 bridgehead atoms. The first-order chi connectivity index (χ1) is 7.85. The third-order valence-corrected chi connectivity index (χ3v) is 3.23. The van der Waals surface area contributed by atoms with Crippen LogP contribution in [0.1, 0.15) is 52.4 Å². The number of aliphatic imine (C=N–C) groups is 1. The van der Waals surface area contributed by atoms with Gasteiger partial charge in [0.25, 0.3) is 0 Å². The molecule has 0 amide bonds. The quantitative estimate of drug-likeness (QED) is 0.615. The molecule has 1 aliphatic carbocycles. The Hall–Kier alpha value is -1.11. The third-order valence-electron chi connectivity index (χ3n) is 3.23. The molecular formula is C15H21N. The minimum absolute atomic E-state index is 1.14. The van der Waals surface area contributed by atoms with E-state index in [1.54, 1.807) is 0 Å². The summed E-state index contributed by atoms with van der Waals surface area (Å²) in [5, 5.41) is 0. The van der Waals surface area contributed by atoms with Gasteiger partial charge < -0.3 is 0 Å². The van der Waals surface area contributed by atoms with Gasteiger partial charge in [-0.3, -0.25) is 4.99 Å². The fourth-order valence-corrected chi connectivity index (χ4v) is 2.21. The second-order valence-corrected chi connectivity index (χ2v) is 4.61. The van der Waals surface area contributed by atoms with E-state index in [2.05, 4.69) is 37.1 Å². The summed E-state index contributed by atoms with van der Waals surface area (Å²) in [7, 11) is 0. The SMILES string of the molecule is CCCCC1=CC2=C(CCCC)C=CC2=N1. The molecule has 0 saturated carbocycles. The molecule has 86 valence electrons. The average Bonchev–Trinajstić information content (AvgIpc) is 2.83. The van der Waals surface area contributed by atoms with Gasteiger partial charge in [0.2, 0.25) is 0 Å². The molecular weight excluding hydrogens is 194 g/mol. The van der Waals surface area contributed by atoms with Crippen molar-refractivity contribution in [3.63, 3.8) is 0 Å². The molecule has 0 unspecified atom stereocenters. The Morgan fingerprint density at radius 1 is 1.00 bits per heavy atom. The van der Waals surface area contributed by atoms with Gasteiger partial charge in [-0.25, -0.2) is 0 Å². The number of unbranched alkanes of at least 4 members (excludes halogenated alkanes) is 2. The van der Waals surface area contributed by atoms with Crippen LogP contribution in [-0.2, 0) is 0 Å². The molecule has 1 heterocycles. The number of nitrogens with zero attached hydrogens (tertiary/aromatic N) is 1. The number of hydrogen-bond acceptors (Lipinski definition) is 1. The van der Waals surface area contributed by atoms with E-state index < -0.39 is 0 Å². The highest BCUT2D eigenvalue weighted by molar-refractivity contribution is 6.16. The zero-order valence-corrected chi connectivity index (χ0v) is 10.4. The molecule has 2 rings (SSSR count). The predicted molar refractivity (Wildman–Crippen MR) is 70.7 cm³/mol. The molecule has 1 nitrogen and oxygen atoms in total. The highest BCUT2D eigenvalue weighted by Gasteiger charge is 2.19. The van der Waals surface area contributed by atoms with Gasteiger partial charge in [-0.2, -0.15) is 0 Å². The Kier molecular flexibility index (Phi) is 3.76. The Labute approximate surface area is 98.7 Å². The second-order valence-electron chi connectivity index (χ2n) is 4.61. The maximum Gasteiger partial charge on any atom is 0.0708 e. The summed E-state index contributed by atoms with van der Waals surface area (Å²) in [5.41, 5.74) is 5.38. The fraction of sp³-hybridized carbons (Fsp3) is 0.533. The van der Waals surface area contributed by atoms with Crippen molar-refractivity contribution in [3.8, 4) is 0 Å². The van der Waals surface area contributed by atoms with Gasteiger partial charge in [0.05, 0.1) is 5.71 Å². The van der Waals surface area contributed by atoms with Crippen LogP contribution in [0.4, 0.5) is 0 Å². The summed E-state index contributed by atoms with van der Waals surface area (Å²) < 4.78 is 0. The van der Waals surface area contributed by atoms with Crippen molar-refractivity contribution in [1.82, 2.24) is 0 Å². The van der Waals surface area contributed by atoms with Gasteiger partial charge >= 0.3 is 0 Å². The molecule has 16 heavy (non-hydrogen) atoms. The maximum atomic E-state index is 4.68. The third kappa shape index (κ3) is 2.34. The van der Waals surface area contributed by atoms with E-state index in [-0.39, 0.29) is 0 Å². The van der Waals surface area contributed by atoms with Gasteiger partial charge in [0, 0.05) is 11.3 Å². The van der Waals surface area contributed by atoms with E-state index in [9.17, 15) is 0 Å². The van der Waals surface area contributed by atoms with Gasteiger partial charge in [-0.1, -0.05) is 32.8 Å². The molecule has 0 aromatic rings. The van der Waals surface area contributed by atoms with E-state index in [0.29, 0.717) is 0 Å². The van der Waals surface area contributed by atoms with Crippen molar-refractivity contribution in [2.24, 2.45) is 4.99 Å². The maximum absolute atomic E-state index is 4.68. The van der Waals surface area contributed by atoms with Crippen molar-refractivity contribution in [3.05, 3.63) is 35.1 Å². The summed E-state index contributed by atoms with van der Waals surface area (Å²) in [4.78, 5) is 4.68. The van der Waals surface area contributed by atoms with Gasteiger partial charge in [0.1, 0.15) is 0 Å². The van der Waals surface area contributed by atoms with Crippen LogP contribution in [0.15, 0.2) is 40.1 Å². The first-order valence-corrected chi connectivity index (χ1v) is 6.56. The lowest BCUT2D eigenvalue weighted by Gasteiger charge is -1.99. The average molecular weight is 215 g/mol. The second kappa shape index (κ2) is 5.29. The van der Waals surface area contributed by atoms with Gasteiger partial charge in [-0.05, 0) is 43.4 Å². The lowest BCUT2D eigenvalue weighted by atomic mass is 10.0. The molecule has 0 aromatic heterocycles. The van der Waals surface area contributed by atoms with Crippen molar-refractivity contribution < 1.29 is 0 Å². The van der Waals surface area contributed by atoms with Crippen LogP contribution in [0.2, 0.25) is 0 Å². The summed E-state index contributed by atoms with van der Waals surface area (Å²) in [5.74, 6) is 0. The summed E-state index contributed by atoms with van der Waals surface area (Å²) >= 11 is 0. The minimum atomic E-state index is 1.14. The normalized spacial score (nSPS) is 17.9. The van der Waals surface area contributed by atoms with Gasteiger partial charge in [-0.15, -0.1) is 0 Å². The molecule has 2 aliphatic rings. The van der Waals surface area contributed by atoms with Crippen LogP contribution in [0, 0.1) is 0 Å². The van der Waals surface area contributed by atoms with Crippen molar-refractivity contribution >= 4 is 5.71 Å². The lowest BCUT2D eigenvalue weighted by molar-refractivity contribution is 0.783. The molecule has 1 heteroatoms. The summed E-state index contributed by atoms with van der Waals surface area (Å²) in [6.07, 6.45) is 14.1. The molecule has 0 N–H and O–H groups in total. The van der Waals surface area contributed by atoms with Crippen LogP contribution in [0.3, 0.4) is 0 Å². The zero-order chi connectivity index (χ0) is 11.4. The Balaban J connectivity index is 2.05. The molecule has 0 aromatic carbocycles. The Bertz CT molecular complexity index is 380. The van der Waals surface area contributed by atoms with E-state index in [4.69, 9.17) is 0 Å². The van der Waals surface area contributed by atoms with Crippen molar-refractivity contribution in [2.75, 3.05) is 0 Å². The van der Waals surface area contributed by atoms with E-state index >= 15 is 0 Å². The van der Waals surface area contributed by atoms with Crippen LogP contribution >= 0.6 is 0 Å². The molecule has 0 radical (unpaired) electrons. The predicted octanol–water partition coefficient (Wildman–Crippen LogP) is 4.57. The Morgan fingerprint density at radius 3 is 2.50 bits per heavy atom.